The van der Waals surface area contributed by atoms with E-state index in [0.717, 1.165) is 10.4 Å². The molecule has 0 spiro atoms. The molecule has 0 fully saturated rings. The highest BCUT2D eigenvalue weighted by atomic mass is 32.2. The Labute approximate surface area is 104 Å². The smallest absolute Gasteiger partial charge is 0.243 e. The van der Waals surface area contributed by atoms with Crippen LogP contribution in [0.2, 0.25) is 0 Å². The molecule has 0 aliphatic rings. The van der Waals surface area contributed by atoms with Gasteiger partial charge in [-0.3, -0.25) is 5.10 Å². The Morgan fingerprint density at radius 1 is 1.44 bits per heavy atom. The van der Waals surface area contributed by atoms with Gasteiger partial charge in [0.05, 0.1) is 11.4 Å². The lowest BCUT2D eigenvalue weighted by molar-refractivity contribution is 0.456. The minimum atomic E-state index is -3.73. The Bertz CT molecular complexity index is 627. The molecule has 8 heteroatoms. The molecule has 1 N–H and O–H groups in total. The predicted molar refractivity (Wildman–Crippen MR) is 61.4 cm³/mol. The number of nitrogens with zero attached hydrogens (tertiary/aromatic N) is 3. The van der Waals surface area contributed by atoms with Crippen molar-refractivity contribution in [1.29, 1.82) is 0 Å². The van der Waals surface area contributed by atoms with Gasteiger partial charge in [0.15, 0.2) is 0 Å². The zero-order valence-corrected chi connectivity index (χ0v) is 10.4. The first-order valence-corrected chi connectivity index (χ1v) is 6.50. The Hall–Kier alpha value is -1.80. The van der Waals surface area contributed by atoms with E-state index in [9.17, 15) is 12.8 Å². The molecule has 0 aliphatic heterocycles. The van der Waals surface area contributed by atoms with Crippen molar-refractivity contribution >= 4 is 10.0 Å². The van der Waals surface area contributed by atoms with Crippen LogP contribution in [0.15, 0.2) is 35.5 Å². The second kappa shape index (κ2) is 4.83. The van der Waals surface area contributed by atoms with Gasteiger partial charge in [-0.15, -0.1) is 0 Å². The van der Waals surface area contributed by atoms with E-state index in [1.807, 2.05) is 0 Å². The van der Waals surface area contributed by atoms with Crippen LogP contribution in [-0.4, -0.2) is 35.0 Å². The lowest BCUT2D eigenvalue weighted by Gasteiger charge is -2.15. The minimum absolute atomic E-state index is 0.0405. The molecule has 18 heavy (non-hydrogen) atoms. The SMILES string of the molecule is CN(Cc1ncn[nH]1)S(=O)(=O)c1cccc(F)c1. The summed E-state index contributed by atoms with van der Waals surface area (Å²) in [6.07, 6.45) is 1.29. The Morgan fingerprint density at radius 2 is 2.22 bits per heavy atom. The molecule has 0 bridgehead atoms. The summed E-state index contributed by atoms with van der Waals surface area (Å²) < 4.78 is 38.3. The van der Waals surface area contributed by atoms with Gasteiger partial charge in [0, 0.05) is 7.05 Å². The highest BCUT2D eigenvalue weighted by molar-refractivity contribution is 7.89. The van der Waals surface area contributed by atoms with E-state index in [2.05, 4.69) is 15.2 Å². The lowest BCUT2D eigenvalue weighted by atomic mass is 10.4. The number of H-pyrrole nitrogens is 1. The monoisotopic (exact) mass is 270 g/mol. The topological polar surface area (TPSA) is 79.0 Å². The molecule has 2 rings (SSSR count). The number of aromatic amines is 1. The van der Waals surface area contributed by atoms with Crippen molar-refractivity contribution in [2.24, 2.45) is 0 Å². The zero-order chi connectivity index (χ0) is 13.2. The van der Waals surface area contributed by atoms with Gasteiger partial charge in [-0.2, -0.15) is 9.40 Å². The van der Waals surface area contributed by atoms with Gasteiger partial charge < -0.3 is 0 Å². The van der Waals surface area contributed by atoms with E-state index in [4.69, 9.17) is 0 Å². The first kappa shape index (κ1) is 12.7. The highest BCUT2D eigenvalue weighted by Crippen LogP contribution is 2.16. The van der Waals surface area contributed by atoms with Crippen molar-refractivity contribution in [2.75, 3.05) is 7.05 Å². The summed E-state index contributed by atoms with van der Waals surface area (Å²) in [6, 6.07) is 4.86. The molecule has 0 unspecified atom stereocenters. The molecule has 1 heterocycles. The summed E-state index contributed by atoms with van der Waals surface area (Å²) in [5.74, 6) is -0.179. The first-order valence-electron chi connectivity index (χ1n) is 5.06. The zero-order valence-electron chi connectivity index (χ0n) is 9.54. The van der Waals surface area contributed by atoms with Gasteiger partial charge in [-0.25, -0.2) is 17.8 Å². The highest BCUT2D eigenvalue weighted by Gasteiger charge is 2.22. The van der Waals surface area contributed by atoms with Crippen LogP contribution in [0.3, 0.4) is 0 Å². The van der Waals surface area contributed by atoms with Crippen molar-refractivity contribution in [3.63, 3.8) is 0 Å². The quantitative estimate of drug-likeness (QED) is 0.889. The average molecular weight is 270 g/mol. The molecule has 0 saturated heterocycles. The third-order valence-corrected chi connectivity index (χ3v) is 4.14. The summed E-state index contributed by atoms with van der Waals surface area (Å²) in [6.45, 7) is 0.0405. The number of hydrogen-bond acceptors (Lipinski definition) is 4. The van der Waals surface area contributed by atoms with Gasteiger partial charge in [-0.1, -0.05) is 6.07 Å². The van der Waals surface area contributed by atoms with Crippen molar-refractivity contribution in [3.8, 4) is 0 Å². The normalized spacial score (nSPS) is 11.9. The molecule has 1 aromatic heterocycles. The summed E-state index contributed by atoms with van der Waals surface area (Å²) in [7, 11) is -2.34. The summed E-state index contributed by atoms with van der Waals surface area (Å²) in [5, 5.41) is 6.19. The van der Waals surface area contributed by atoms with Crippen molar-refractivity contribution in [2.45, 2.75) is 11.4 Å². The predicted octanol–water partition coefficient (Wildman–Crippen LogP) is 0.764. The molecule has 1 aromatic carbocycles. The molecule has 0 atom stereocenters. The molecular weight excluding hydrogens is 259 g/mol. The van der Waals surface area contributed by atoms with E-state index in [1.165, 1.54) is 31.6 Å². The van der Waals surface area contributed by atoms with Gasteiger partial charge in [-0.05, 0) is 18.2 Å². The van der Waals surface area contributed by atoms with Crippen LogP contribution in [0.5, 0.6) is 0 Å². The van der Waals surface area contributed by atoms with Crippen LogP contribution >= 0.6 is 0 Å². The van der Waals surface area contributed by atoms with Gasteiger partial charge in [0.25, 0.3) is 0 Å². The first-order chi connectivity index (χ1) is 8.50. The number of halogens is 1. The molecule has 0 aliphatic carbocycles. The standard InChI is InChI=1S/C10H11FN4O2S/c1-15(6-10-12-7-13-14-10)18(16,17)9-4-2-3-8(11)5-9/h2-5,7H,6H2,1H3,(H,12,13,14). The molecular formula is C10H11FN4O2S. The molecule has 96 valence electrons. The number of hydrogen-bond donors (Lipinski definition) is 1. The minimum Gasteiger partial charge on any atom is -0.262 e. The summed E-state index contributed by atoms with van der Waals surface area (Å²) in [5.41, 5.74) is 0. The fourth-order valence-corrected chi connectivity index (χ4v) is 2.57. The van der Waals surface area contributed by atoms with E-state index in [0.29, 0.717) is 5.82 Å². The molecule has 0 radical (unpaired) electrons. The van der Waals surface area contributed by atoms with Crippen molar-refractivity contribution in [1.82, 2.24) is 19.5 Å². The van der Waals surface area contributed by atoms with Crippen LogP contribution in [0.25, 0.3) is 0 Å². The maximum atomic E-state index is 13.0. The van der Waals surface area contributed by atoms with E-state index in [1.54, 1.807) is 0 Å². The van der Waals surface area contributed by atoms with Crippen LogP contribution in [0, 0.1) is 5.82 Å². The Kier molecular flexibility index (Phi) is 3.39. The average Bonchev–Trinajstić information content (AvgIpc) is 2.81. The number of rotatable bonds is 4. The Balaban J connectivity index is 2.25. The van der Waals surface area contributed by atoms with E-state index < -0.39 is 15.8 Å². The summed E-state index contributed by atoms with van der Waals surface area (Å²) >= 11 is 0. The van der Waals surface area contributed by atoms with E-state index in [-0.39, 0.29) is 11.4 Å². The molecule has 6 nitrogen and oxygen atoms in total. The molecule has 0 saturated carbocycles. The lowest BCUT2D eigenvalue weighted by Crippen LogP contribution is -2.27. The molecule has 0 amide bonds. The number of sulfonamides is 1. The largest absolute Gasteiger partial charge is 0.262 e. The fourth-order valence-electron chi connectivity index (χ4n) is 1.41. The third-order valence-electron chi connectivity index (χ3n) is 2.34. The maximum absolute atomic E-state index is 13.0. The second-order valence-corrected chi connectivity index (χ2v) is 5.70. The summed E-state index contributed by atoms with van der Waals surface area (Å²) in [4.78, 5) is 3.74. The number of aromatic nitrogens is 3. The Morgan fingerprint density at radius 3 is 2.83 bits per heavy atom. The number of benzene rings is 1. The van der Waals surface area contributed by atoms with E-state index >= 15 is 0 Å². The van der Waals surface area contributed by atoms with Gasteiger partial charge >= 0.3 is 0 Å². The van der Waals surface area contributed by atoms with Crippen LogP contribution < -0.4 is 0 Å². The third kappa shape index (κ3) is 2.54. The number of nitrogens with one attached hydrogen (secondary N) is 1. The van der Waals surface area contributed by atoms with Crippen LogP contribution in [-0.2, 0) is 16.6 Å². The van der Waals surface area contributed by atoms with Crippen LogP contribution in [0.1, 0.15) is 5.82 Å². The van der Waals surface area contributed by atoms with Gasteiger partial charge in [0.2, 0.25) is 10.0 Å². The fraction of sp³-hybridized carbons (Fsp3) is 0.200. The van der Waals surface area contributed by atoms with Crippen molar-refractivity contribution < 1.29 is 12.8 Å². The van der Waals surface area contributed by atoms with Gasteiger partial charge in [0.1, 0.15) is 18.0 Å². The second-order valence-electron chi connectivity index (χ2n) is 3.65. The van der Waals surface area contributed by atoms with Crippen molar-refractivity contribution in [3.05, 3.63) is 42.2 Å². The van der Waals surface area contributed by atoms with Crippen LogP contribution in [0.4, 0.5) is 4.39 Å². The molecule has 2 aromatic rings. The maximum Gasteiger partial charge on any atom is 0.243 e.